The molecule has 23 heavy (non-hydrogen) atoms. The number of carbonyl (C=O) groups excluding carboxylic acids is 2. The van der Waals surface area contributed by atoms with E-state index in [0.29, 0.717) is 16.9 Å². The first-order valence-corrected chi connectivity index (χ1v) is 7.71. The Morgan fingerprint density at radius 1 is 0.826 bits per heavy atom. The van der Waals surface area contributed by atoms with Gasteiger partial charge >= 0.3 is 6.03 Å². The third kappa shape index (κ3) is 3.69. The molecule has 4 N–H and O–H groups in total. The van der Waals surface area contributed by atoms with Gasteiger partial charge in [-0.05, 0) is 73.2 Å². The van der Waals surface area contributed by atoms with Crippen molar-refractivity contribution in [2.75, 3.05) is 10.6 Å². The molecule has 0 radical (unpaired) electrons. The van der Waals surface area contributed by atoms with E-state index in [1.54, 1.807) is 24.3 Å². The predicted octanol–water partition coefficient (Wildman–Crippen LogP) is 3.31. The van der Waals surface area contributed by atoms with Crippen LogP contribution >= 0.6 is 0 Å². The molecule has 118 valence electrons. The van der Waals surface area contributed by atoms with Crippen LogP contribution in [-0.2, 0) is 12.8 Å². The number of benzene rings is 2. The summed E-state index contributed by atoms with van der Waals surface area (Å²) < 4.78 is 0. The molecule has 0 heterocycles. The Morgan fingerprint density at radius 2 is 1.43 bits per heavy atom. The molecule has 2 aromatic rings. The van der Waals surface area contributed by atoms with Crippen LogP contribution in [0.25, 0.3) is 0 Å². The highest BCUT2D eigenvalue weighted by Crippen LogP contribution is 2.23. The lowest BCUT2D eigenvalue weighted by atomic mass is 9.90. The van der Waals surface area contributed by atoms with Crippen molar-refractivity contribution >= 4 is 23.3 Å². The molecule has 3 amide bonds. The first kappa shape index (κ1) is 15.1. The first-order chi connectivity index (χ1) is 11.1. The number of primary amides is 1. The lowest BCUT2D eigenvalue weighted by molar-refractivity contribution is 0.102. The monoisotopic (exact) mass is 309 g/mol. The molecular formula is C18H19N3O2. The number of hydrogen-bond acceptors (Lipinski definition) is 2. The Kier molecular flexibility index (Phi) is 4.28. The topological polar surface area (TPSA) is 84.2 Å². The van der Waals surface area contributed by atoms with Crippen molar-refractivity contribution in [2.24, 2.45) is 5.73 Å². The number of aryl methyl sites for hydroxylation is 2. The van der Waals surface area contributed by atoms with Crippen molar-refractivity contribution in [3.8, 4) is 0 Å². The Hall–Kier alpha value is -2.82. The van der Waals surface area contributed by atoms with Crippen LogP contribution in [0.1, 0.15) is 34.3 Å². The van der Waals surface area contributed by atoms with Gasteiger partial charge in [-0.1, -0.05) is 6.07 Å². The van der Waals surface area contributed by atoms with E-state index in [1.807, 2.05) is 12.1 Å². The largest absolute Gasteiger partial charge is 0.351 e. The molecule has 3 rings (SSSR count). The molecule has 0 spiro atoms. The zero-order valence-electron chi connectivity index (χ0n) is 12.8. The molecule has 0 aromatic heterocycles. The van der Waals surface area contributed by atoms with Gasteiger partial charge in [0.1, 0.15) is 0 Å². The van der Waals surface area contributed by atoms with Crippen LogP contribution in [0.3, 0.4) is 0 Å². The number of amides is 3. The molecule has 0 fully saturated rings. The van der Waals surface area contributed by atoms with Gasteiger partial charge in [-0.3, -0.25) is 4.79 Å². The van der Waals surface area contributed by atoms with Crippen molar-refractivity contribution in [1.29, 1.82) is 0 Å². The Balaban J connectivity index is 1.70. The molecule has 0 unspecified atom stereocenters. The zero-order chi connectivity index (χ0) is 16.2. The summed E-state index contributed by atoms with van der Waals surface area (Å²) in [6, 6.07) is 12.1. The number of nitrogens with one attached hydrogen (secondary N) is 2. The summed E-state index contributed by atoms with van der Waals surface area (Å²) in [7, 11) is 0. The van der Waals surface area contributed by atoms with Crippen LogP contribution in [0, 0.1) is 0 Å². The van der Waals surface area contributed by atoms with Crippen molar-refractivity contribution in [2.45, 2.75) is 25.7 Å². The molecule has 5 heteroatoms. The summed E-state index contributed by atoms with van der Waals surface area (Å²) in [6.07, 6.45) is 4.56. The van der Waals surface area contributed by atoms with Crippen molar-refractivity contribution in [3.05, 3.63) is 59.2 Å². The van der Waals surface area contributed by atoms with Gasteiger partial charge in [-0.15, -0.1) is 0 Å². The van der Waals surface area contributed by atoms with Gasteiger partial charge in [-0.25, -0.2) is 4.79 Å². The number of rotatable bonds is 3. The third-order valence-electron chi connectivity index (χ3n) is 4.02. The molecule has 5 nitrogen and oxygen atoms in total. The number of anilines is 2. The number of fused-ring (bicyclic) bond motifs is 1. The van der Waals surface area contributed by atoms with Gasteiger partial charge in [0.15, 0.2) is 0 Å². The van der Waals surface area contributed by atoms with Crippen LogP contribution in [0.4, 0.5) is 16.2 Å². The summed E-state index contributed by atoms with van der Waals surface area (Å²) in [6.45, 7) is 0. The van der Waals surface area contributed by atoms with E-state index in [1.165, 1.54) is 24.0 Å². The molecule has 1 aliphatic rings. The van der Waals surface area contributed by atoms with Crippen molar-refractivity contribution in [1.82, 2.24) is 0 Å². The molecule has 0 saturated heterocycles. The van der Waals surface area contributed by atoms with E-state index in [2.05, 4.69) is 16.7 Å². The van der Waals surface area contributed by atoms with Crippen LogP contribution in [-0.4, -0.2) is 11.9 Å². The maximum atomic E-state index is 12.4. The van der Waals surface area contributed by atoms with E-state index in [0.717, 1.165) is 12.8 Å². The SMILES string of the molecule is NC(=O)Nc1ccc(NC(=O)c2ccc3c(c2)CCCC3)cc1. The van der Waals surface area contributed by atoms with Crippen LogP contribution < -0.4 is 16.4 Å². The van der Waals surface area contributed by atoms with E-state index in [-0.39, 0.29) is 5.91 Å². The van der Waals surface area contributed by atoms with Crippen molar-refractivity contribution in [3.63, 3.8) is 0 Å². The standard InChI is InChI=1S/C18H19N3O2/c19-18(23)21-16-9-7-15(8-10-16)20-17(22)14-6-5-12-3-1-2-4-13(12)11-14/h5-11H,1-4H2,(H,20,22)(H3,19,21,23). The second-order valence-corrected chi connectivity index (χ2v) is 5.71. The molecule has 0 aliphatic heterocycles. The van der Waals surface area contributed by atoms with Gasteiger partial charge in [0.05, 0.1) is 0 Å². The van der Waals surface area contributed by atoms with Crippen LogP contribution in [0.5, 0.6) is 0 Å². The van der Waals surface area contributed by atoms with Gasteiger partial charge in [0.25, 0.3) is 5.91 Å². The fourth-order valence-electron chi connectivity index (χ4n) is 2.86. The Labute approximate surface area is 134 Å². The first-order valence-electron chi connectivity index (χ1n) is 7.71. The van der Waals surface area contributed by atoms with E-state index < -0.39 is 6.03 Å². The quantitative estimate of drug-likeness (QED) is 0.812. The lowest BCUT2D eigenvalue weighted by Crippen LogP contribution is -2.19. The summed E-state index contributed by atoms with van der Waals surface area (Å²) in [5.74, 6) is -0.131. The lowest BCUT2D eigenvalue weighted by Gasteiger charge is -2.16. The van der Waals surface area contributed by atoms with Crippen LogP contribution in [0.15, 0.2) is 42.5 Å². The minimum atomic E-state index is -0.615. The maximum Gasteiger partial charge on any atom is 0.316 e. The molecule has 1 aliphatic carbocycles. The van der Waals surface area contributed by atoms with E-state index in [4.69, 9.17) is 5.73 Å². The molecular weight excluding hydrogens is 290 g/mol. The summed E-state index contributed by atoms with van der Waals surface area (Å²) in [5, 5.41) is 5.34. The summed E-state index contributed by atoms with van der Waals surface area (Å²) >= 11 is 0. The van der Waals surface area contributed by atoms with E-state index >= 15 is 0 Å². The molecule has 2 aromatic carbocycles. The van der Waals surface area contributed by atoms with Crippen molar-refractivity contribution < 1.29 is 9.59 Å². The number of urea groups is 1. The van der Waals surface area contributed by atoms with Crippen LogP contribution in [0.2, 0.25) is 0 Å². The highest BCUT2D eigenvalue weighted by atomic mass is 16.2. The van der Waals surface area contributed by atoms with Gasteiger partial charge in [0.2, 0.25) is 0 Å². The highest BCUT2D eigenvalue weighted by molar-refractivity contribution is 6.04. The van der Waals surface area contributed by atoms with E-state index in [9.17, 15) is 9.59 Å². The minimum Gasteiger partial charge on any atom is -0.351 e. The average molecular weight is 309 g/mol. The average Bonchev–Trinajstić information content (AvgIpc) is 2.55. The number of carbonyl (C=O) groups is 2. The second kappa shape index (κ2) is 6.52. The summed E-state index contributed by atoms with van der Waals surface area (Å²) in [5.41, 5.74) is 9.62. The van der Waals surface area contributed by atoms with Gasteiger partial charge in [0, 0.05) is 16.9 Å². The third-order valence-corrected chi connectivity index (χ3v) is 4.02. The normalized spacial score (nSPS) is 13.0. The predicted molar refractivity (Wildman–Crippen MR) is 90.7 cm³/mol. The molecule has 0 atom stereocenters. The zero-order valence-corrected chi connectivity index (χ0v) is 12.8. The fourth-order valence-corrected chi connectivity index (χ4v) is 2.86. The maximum absolute atomic E-state index is 12.4. The smallest absolute Gasteiger partial charge is 0.316 e. The number of hydrogen-bond donors (Lipinski definition) is 3. The Bertz CT molecular complexity index is 738. The molecule has 0 bridgehead atoms. The molecule has 0 saturated carbocycles. The Morgan fingerprint density at radius 3 is 2.09 bits per heavy atom. The van der Waals surface area contributed by atoms with Gasteiger partial charge < -0.3 is 16.4 Å². The number of nitrogens with two attached hydrogens (primary N) is 1. The minimum absolute atomic E-state index is 0.131. The van der Waals surface area contributed by atoms with Gasteiger partial charge in [-0.2, -0.15) is 0 Å². The fraction of sp³-hybridized carbons (Fsp3) is 0.222. The highest BCUT2D eigenvalue weighted by Gasteiger charge is 2.13. The second-order valence-electron chi connectivity index (χ2n) is 5.71. The summed E-state index contributed by atoms with van der Waals surface area (Å²) in [4.78, 5) is 23.1.